The Bertz CT molecular complexity index is 879. The van der Waals surface area contributed by atoms with Crippen LogP contribution in [0.2, 0.25) is 5.02 Å². The molecular weight excluding hydrogens is 406 g/mol. The molecule has 0 aliphatic carbocycles. The highest BCUT2D eigenvalue weighted by molar-refractivity contribution is 6.30. The van der Waals surface area contributed by atoms with E-state index in [2.05, 4.69) is 10.2 Å². The van der Waals surface area contributed by atoms with Gasteiger partial charge in [0.25, 0.3) is 5.91 Å². The topological polar surface area (TPSA) is 79.5 Å². The standard InChI is InChI=1S/C17H14ClF4N3O3/c1-28-15(27)16(17(20,21)22,25-24-13-7-3-5-11(18)9-13)23-14(26)10-4-2-6-12(19)8-10/h2-9,24-25H,1H3,(H,23,26)/t16-/m1/s1. The smallest absolute Gasteiger partial charge is 0.438 e. The predicted octanol–water partition coefficient (Wildman–Crippen LogP) is 3.26. The van der Waals surface area contributed by atoms with Crippen LogP contribution in [0.1, 0.15) is 10.4 Å². The molecule has 0 bridgehead atoms. The average molecular weight is 420 g/mol. The van der Waals surface area contributed by atoms with Gasteiger partial charge in [-0.15, -0.1) is 0 Å². The highest BCUT2D eigenvalue weighted by Gasteiger charge is 2.63. The van der Waals surface area contributed by atoms with Crippen LogP contribution >= 0.6 is 11.6 Å². The number of hydrogen-bond acceptors (Lipinski definition) is 5. The van der Waals surface area contributed by atoms with Gasteiger partial charge >= 0.3 is 17.8 Å². The fraction of sp³-hybridized carbons (Fsp3) is 0.176. The minimum Gasteiger partial charge on any atom is -0.466 e. The Morgan fingerprint density at radius 3 is 2.32 bits per heavy atom. The lowest BCUT2D eigenvalue weighted by molar-refractivity contribution is -0.215. The number of hydrogen-bond donors (Lipinski definition) is 3. The summed E-state index contributed by atoms with van der Waals surface area (Å²) >= 11 is 5.77. The highest BCUT2D eigenvalue weighted by Crippen LogP contribution is 2.30. The Morgan fingerprint density at radius 2 is 1.75 bits per heavy atom. The zero-order valence-electron chi connectivity index (χ0n) is 14.2. The molecule has 0 unspecified atom stereocenters. The Morgan fingerprint density at radius 1 is 1.07 bits per heavy atom. The van der Waals surface area contributed by atoms with Crippen molar-refractivity contribution in [1.29, 1.82) is 0 Å². The van der Waals surface area contributed by atoms with Crippen molar-refractivity contribution in [3.8, 4) is 0 Å². The molecular formula is C17H14ClF4N3O3. The zero-order chi connectivity index (χ0) is 20.9. The summed E-state index contributed by atoms with van der Waals surface area (Å²) in [7, 11) is 0.720. The summed E-state index contributed by atoms with van der Waals surface area (Å²) in [6.07, 6.45) is -5.34. The minimum atomic E-state index is -5.34. The molecule has 0 saturated carbocycles. The Kier molecular flexibility index (Phi) is 6.47. The average Bonchev–Trinajstić information content (AvgIpc) is 2.63. The number of methoxy groups -OCH3 is 1. The maximum Gasteiger partial charge on any atom is 0.438 e. The van der Waals surface area contributed by atoms with Gasteiger partial charge in [-0.2, -0.15) is 18.6 Å². The van der Waals surface area contributed by atoms with Gasteiger partial charge in [0, 0.05) is 10.6 Å². The third kappa shape index (κ3) is 4.70. The number of benzene rings is 2. The summed E-state index contributed by atoms with van der Waals surface area (Å²) in [5.41, 5.74) is -0.107. The molecule has 0 spiro atoms. The second kappa shape index (κ2) is 8.44. The molecule has 1 atom stereocenters. The first-order valence-corrected chi connectivity index (χ1v) is 7.99. The number of nitrogens with one attached hydrogen (secondary N) is 3. The van der Waals surface area contributed by atoms with Gasteiger partial charge in [0.15, 0.2) is 0 Å². The monoisotopic (exact) mass is 419 g/mol. The van der Waals surface area contributed by atoms with E-state index in [0.29, 0.717) is 0 Å². The van der Waals surface area contributed by atoms with E-state index in [4.69, 9.17) is 11.6 Å². The van der Waals surface area contributed by atoms with Crippen LogP contribution in [-0.4, -0.2) is 30.8 Å². The van der Waals surface area contributed by atoms with Crippen LogP contribution < -0.4 is 16.2 Å². The normalized spacial score (nSPS) is 13.4. The van der Waals surface area contributed by atoms with E-state index in [9.17, 15) is 27.2 Å². The molecule has 0 radical (unpaired) electrons. The van der Waals surface area contributed by atoms with Crippen molar-refractivity contribution in [3.05, 3.63) is 64.9 Å². The summed E-state index contributed by atoms with van der Waals surface area (Å²) in [5, 5.41) is 1.75. The molecule has 2 aromatic carbocycles. The molecule has 0 heterocycles. The van der Waals surface area contributed by atoms with Gasteiger partial charge in [-0.05, 0) is 36.4 Å². The number of hydrazine groups is 1. The van der Waals surface area contributed by atoms with E-state index >= 15 is 0 Å². The third-order valence-corrected chi connectivity index (χ3v) is 3.76. The molecule has 2 rings (SSSR count). The maximum atomic E-state index is 13.8. The summed E-state index contributed by atoms with van der Waals surface area (Å²) < 4.78 is 59.0. The van der Waals surface area contributed by atoms with Crippen molar-refractivity contribution in [1.82, 2.24) is 10.7 Å². The van der Waals surface area contributed by atoms with Crippen molar-refractivity contribution in [2.45, 2.75) is 11.8 Å². The van der Waals surface area contributed by atoms with Crippen molar-refractivity contribution >= 4 is 29.2 Å². The van der Waals surface area contributed by atoms with Crippen LogP contribution in [0.3, 0.4) is 0 Å². The van der Waals surface area contributed by atoms with Crippen LogP contribution in [0.5, 0.6) is 0 Å². The fourth-order valence-electron chi connectivity index (χ4n) is 2.15. The first-order valence-electron chi connectivity index (χ1n) is 7.61. The van der Waals surface area contributed by atoms with E-state index in [1.165, 1.54) is 29.6 Å². The van der Waals surface area contributed by atoms with Gasteiger partial charge in [0.05, 0.1) is 12.8 Å². The molecule has 0 fully saturated rings. The Hall–Kier alpha value is -2.85. The fourth-order valence-corrected chi connectivity index (χ4v) is 2.34. The van der Waals surface area contributed by atoms with E-state index < -0.39 is 35.1 Å². The van der Waals surface area contributed by atoms with Crippen LogP contribution in [0, 0.1) is 5.82 Å². The molecule has 11 heteroatoms. The second-order valence-corrected chi connectivity index (χ2v) is 5.90. The Balaban J connectivity index is 2.39. The van der Waals surface area contributed by atoms with E-state index in [1.807, 2.05) is 0 Å². The molecule has 0 saturated heterocycles. The van der Waals surface area contributed by atoms with Crippen LogP contribution in [-0.2, 0) is 9.53 Å². The summed E-state index contributed by atoms with van der Waals surface area (Å²) in [6.45, 7) is 0. The highest BCUT2D eigenvalue weighted by atomic mass is 35.5. The van der Waals surface area contributed by atoms with Gasteiger partial charge < -0.3 is 15.5 Å². The molecule has 6 nitrogen and oxygen atoms in total. The maximum absolute atomic E-state index is 13.8. The molecule has 0 aromatic heterocycles. The molecule has 2 aromatic rings. The lowest BCUT2D eigenvalue weighted by Gasteiger charge is -2.34. The van der Waals surface area contributed by atoms with Crippen molar-refractivity contribution in [2.75, 3.05) is 12.5 Å². The first kappa shape index (κ1) is 21.5. The van der Waals surface area contributed by atoms with Gasteiger partial charge in [-0.1, -0.05) is 23.7 Å². The second-order valence-electron chi connectivity index (χ2n) is 5.46. The quantitative estimate of drug-likeness (QED) is 0.290. The number of ether oxygens (including phenoxy) is 1. The number of alkyl halides is 3. The lowest BCUT2D eigenvalue weighted by Crippen LogP contribution is -2.73. The van der Waals surface area contributed by atoms with Crippen molar-refractivity contribution in [3.63, 3.8) is 0 Å². The summed E-state index contributed by atoms with van der Waals surface area (Å²) in [4.78, 5) is 24.3. The number of carbonyl (C=O) groups excluding carboxylic acids is 2. The molecule has 0 aliphatic rings. The van der Waals surface area contributed by atoms with Gasteiger partial charge in [-0.3, -0.25) is 4.79 Å². The van der Waals surface area contributed by atoms with Gasteiger partial charge in [0.1, 0.15) is 5.82 Å². The third-order valence-electron chi connectivity index (χ3n) is 3.52. The SMILES string of the molecule is COC(=O)[C@](NNc1cccc(Cl)c1)(NC(=O)c1cccc(F)c1)C(F)(F)F. The largest absolute Gasteiger partial charge is 0.466 e. The van der Waals surface area contributed by atoms with Crippen LogP contribution in [0.4, 0.5) is 23.2 Å². The van der Waals surface area contributed by atoms with E-state index in [-0.39, 0.29) is 10.7 Å². The molecule has 3 N–H and O–H groups in total. The number of amides is 1. The van der Waals surface area contributed by atoms with Crippen LogP contribution in [0.25, 0.3) is 0 Å². The molecule has 0 aliphatic heterocycles. The summed E-state index contributed by atoms with van der Waals surface area (Å²) in [5.74, 6) is -4.05. The minimum absolute atomic E-state index is 0.0741. The van der Waals surface area contributed by atoms with Gasteiger partial charge in [0.2, 0.25) is 0 Å². The number of carbonyl (C=O) groups is 2. The van der Waals surface area contributed by atoms with E-state index in [1.54, 1.807) is 5.43 Å². The van der Waals surface area contributed by atoms with Crippen molar-refractivity contribution in [2.24, 2.45) is 0 Å². The predicted molar refractivity (Wildman–Crippen MR) is 92.9 cm³/mol. The van der Waals surface area contributed by atoms with Gasteiger partial charge in [-0.25, -0.2) is 9.18 Å². The number of rotatable bonds is 6. The van der Waals surface area contributed by atoms with Crippen LogP contribution in [0.15, 0.2) is 48.5 Å². The Labute approximate surface area is 161 Å². The molecule has 28 heavy (non-hydrogen) atoms. The zero-order valence-corrected chi connectivity index (χ0v) is 15.0. The first-order chi connectivity index (χ1) is 13.1. The number of esters is 1. The lowest BCUT2D eigenvalue weighted by atomic mass is 10.1. The number of anilines is 1. The van der Waals surface area contributed by atoms with Crippen molar-refractivity contribution < 1.29 is 31.9 Å². The number of halogens is 5. The molecule has 1 amide bonds. The van der Waals surface area contributed by atoms with E-state index in [0.717, 1.165) is 31.4 Å². The molecule has 150 valence electrons. The summed E-state index contributed by atoms with van der Waals surface area (Å²) in [6, 6.07) is 9.52.